The summed E-state index contributed by atoms with van der Waals surface area (Å²) < 4.78 is 7.81. The van der Waals surface area contributed by atoms with E-state index in [4.69, 9.17) is 14.9 Å². The Labute approximate surface area is 173 Å². The molecule has 6 nitrogen and oxygen atoms in total. The fourth-order valence-electron chi connectivity index (χ4n) is 3.62. The molecule has 7 heteroatoms. The van der Waals surface area contributed by atoms with Crippen molar-refractivity contribution in [1.82, 2.24) is 4.90 Å². The molecule has 0 saturated heterocycles. The monoisotopic (exact) mass is 417 g/mol. The van der Waals surface area contributed by atoms with E-state index in [9.17, 15) is 9.90 Å². The van der Waals surface area contributed by atoms with Gasteiger partial charge in [-0.3, -0.25) is 9.69 Å². The van der Waals surface area contributed by atoms with E-state index < -0.39 is 6.10 Å². The topological polar surface area (TPSA) is 90.2 Å². The highest BCUT2D eigenvalue weighted by atomic mass is 32.1. The molecule has 0 aliphatic rings. The molecule has 0 saturated carbocycles. The van der Waals surface area contributed by atoms with Gasteiger partial charge in [0.15, 0.2) is 5.43 Å². The highest BCUT2D eigenvalue weighted by Crippen LogP contribution is 2.34. The molecule has 1 unspecified atom stereocenters. The molecule has 3 aromatic rings. The Balaban J connectivity index is 1.87. The van der Waals surface area contributed by atoms with Crippen molar-refractivity contribution in [3.63, 3.8) is 0 Å². The molecule has 0 radical (unpaired) electrons. The molecule has 2 aromatic carbocycles. The smallest absolute Gasteiger partial charge is 0.196 e. The molecule has 0 spiro atoms. The van der Waals surface area contributed by atoms with Gasteiger partial charge in [0.25, 0.3) is 0 Å². The third kappa shape index (κ3) is 4.76. The summed E-state index contributed by atoms with van der Waals surface area (Å²) >= 11 is 1.59. The van der Waals surface area contributed by atoms with Gasteiger partial charge in [0.05, 0.1) is 13.2 Å². The zero-order valence-electron chi connectivity index (χ0n) is 16.7. The number of rotatable bonds is 9. The van der Waals surface area contributed by atoms with Gasteiger partial charge in [-0.15, -0.1) is 11.3 Å². The lowest BCUT2D eigenvalue weighted by Crippen LogP contribution is -2.39. The third-order valence-corrected chi connectivity index (χ3v) is 6.09. The summed E-state index contributed by atoms with van der Waals surface area (Å²) in [4.78, 5) is 14.8. The molecule has 29 heavy (non-hydrogen) atoms. The predicted octanol–water partition coefficient (Wildman–Crippen LogP) is 2.06. The maximum atomic E-state index is 13.0. The van der Waals surface area contributed by atoms with Gasteiger partial charge in [-0.05, 0) is 37.6 Å². The Morgan fingerprint density at radius 1 is 1.10 bits per heavy atom. The van der Waals surface area contributed by atoms with Crippen molar-refractivity contribution in [3.05, 3.63) is 51.7 Å². The number of aryl methyl sites for hydroxylation is 2. The van der Waals surface area contributed by atoms with E-state index in [-0.39, 0.29) is 31.8 Å². The van der Waals surface area contributed by atoms with E-state index in [0.717, 1.165) is 20.5 Å². The van der Waals surface area contributed by atoms with Crippen LogP contribution >= 0.6 is 11.3 Å². The number of hydrogen-bond acceptors (Lipinski definition) is 7. The molecule has 1 aromatic heterocycles. The molecule has 156 valence electrons. The molecular formula is C22H27NO5S. The highest BCUT2D eigenvalue weighted by Gasteiger charge is 2.17. The number of nitrogens with zero attached hydrogens (tertiary/aromatic N) is 1. The number of fused-ring (bicyclic) bond motifs is 2. The van der Waals surface area contributed by atoms with Crippen molar-refractivity contribution in [2.24, 2.45) is 0 Å². The molecule has 0 amide bonds. The van der Waals surface area contributed by atoms with Gasteiger partial charge in [-0.25, -0.2) is 0 Å². The summed E-state index contributed by atoms with van der Waals surface area (Å²) in [5.74, 6) is 0.618. The Bertz CT molecular complexity index is 1040. The Hall–Kier alpha value is -2.03. The zero-order chi connectivity index (χ0) is 21.0. The number of ether oxygens (including phenoxy) is 1. The van der Waals surface area contributed by atoms with Crippen LogP contribution in [0.3, 0.4) is 0 Å². The van der Waals surface area contributed by atoms with Crippen LogP contribution in [0.2, 0.25) is 0 Å². The van der Waals surface area contributed by atoms with Gasteiger partial charge in [0.1, 0.15) is 18.5 Å². The first-order chi connectivity index (χ1) is 14.0. The van der Waals surface area contributed by atoms with Gasteiger partial charge in [0.2, 0.25) is 0 Å². The summed E-state index contributed by atoms with van der Waals surface area (Å²) in [7, 11) is 0. The predicted molar refractivity (Wildman–Crippen MR) is 117 cm³/mol. The van der Waals surface area contributed by atoms with E-state index in [2.05, 4.69) is 0 Å². The van der Waals surface area contributed by atoms with E-state index >= 15 is 0 Å². The van der Waals surface area contributed by atoms with Crippen LogP contribution in [0.5, 0.6) is 5.75 Å². The standard InChI is InChI=1S/C22H27NO5S/c1-14-11-19-20(21(27)17-5-3-4-6-18(17)29-19)15(2)22(14)28-13-16(26)12-23(7-9-24)8-10-25/h3-6,11,16,24-26H,7-10,12-13H2,1-2H3. The highest BCUT2D eigenvalue weighted by molar-refractivity contribution is 7.24. The van der Waals surface area contributed by atoms with Crippen molar-refractivity contribution in [1.29, 1.82) is 0 Å². The number of aliphatic hydroxyl groups excluding tert-OH is 3. The van der Waals surface area contributed by atoms with E-state index in [0.29, 0.717) is 29.6 Å². The zero-order valence-corrected chi connectivity index (χ0v) is 17.5. The fourth-order valence-corrected chi connectivity index (χ4v) is 4.85. The molecule has 0 fully saturated rings. The Kier molecular flexibility index (Phi) is 7.21. The number of benzene rings is 2. The van der Waals surface area contributed by atoms with Gasteiger partial charge in [-0.1, -0.05) is 12.1 Å². The number of aliphatic hydroxyl groups is 3. The quantitative estimate of drug-likeness (QED) is 0.462. The minimum absolute atomic E-state index is 0.00526. The van der Waals surface area contributed by atoms with Crippen molar-refractivity contribution in [2.45, 2.75) is 20.0 Å². The maximum absolute atomic E-state index is 13.0. The summed E-state index contributed by atoms with van der Waals surface area (Å²) in [6, 6.07) is 9.56. The van der Waals surface area contributed by atoms with Crippen molar-refractivity contribution >= 4 is 31.5 Å². The fraction of sp³-hybridized carbons (Fsp3) is 0.409. The molecule has 0 aliphatic carbocycles. The lowest BCUT2D eigenvalue weighted by Gasteiger charge is -2.24. The summed E-state index contributed by atoms with van der Waals surface area (Å²) in [6.45, 7) is 4.82. The molecule has 0 aliphatic heterocycles. The van der Waals surface area contributed by atoms with Crippen LogP contribution in [0.25, 0.3) is 20.2 Å². The van der Waals surface area contributed by atoms with Crippen LogP contribution in [0.4, 0.5) is 0 Å². The largest absolute Gasteiger partial charge is 0.490 e. The lowest BCUT2D eigenvalue weighted by atomic mass is 10.0. The first-order valence-electron chi connectivity index (χ1n) is 9.67. The Morgan fingerprint density at radius 3 is 2.48 bits per heavy atom. The van der Waals surface area contributed by atoms with Crippen LogP contribution in [0.1, 0.15) is 11.1 Å². The molecular weight excluding hydrogens is 390 g/mol. The van der Waals surface area contributed by atoms with Crippen LogP contribution in [-0.4, -0.2) is 65.8 Å². The molecule has 3 N–H and O–H groups in total. The normalized spacial score (nSPS) is 12.8. The van der Waals surface area contributed by atoms with Gasteiger partial charge < -0.3 is 20.1 Å². The Morgan fingerprint density at radius 2 is 1.79 bits per heavy atom. The molecule has 0 bridgehead atoms. The third-order valence-electron chi connectivity index (χ3n) is 4.97. The van der Waals surface area contributed by atoms with Crippen LogP contribution < -0.4 is 10.2 Å². The van der Waals surface area contributed by atoms with Crippen LogP contribution in [-0.2, 0) is 0 Å². The van der Waals surface area contributed by atoms with Gasteiger partial charge >= 0.3 is 0 Å². The minimum Gasteiger partial charge on any atom is -0.490 e. The minimum atomic E-state index is -0.784. The average Bonchev–Trinajstić information content (AvgIpc) is 2.68. The van der Waals surface area contributed by atoms with Crippen molar-refractivity contribution in [2.75, 3.05) is 39.5 Å². The van der Waals surface area contributed by atoms with Crippen molar-refractivity contribution < 1.29 is 20.1 Å². The van der Waals surface area contributed by atoms with Crippen molar-refractivity contribution in [3.8, 4) is 5.75 Å². The van der Waals surface area contributed by atoms with Crippen LogP contribution in [0.15, 0.2) is 35.1 Å². The second-order valence-corrected chi connectivity index (χ2v) is 8.24. The van der Waals surface area contributed by atoms with Crippen LogP contribution in [0, 0.1) is 13.8 Å². The summed E-state index contributed by atoms with van der Waals surface area (Å²) in [6.07, 6.45) is -0.784. The van der Waals surface area contributed by atoms with E-state index in [1.54, 1.807) is 16.2 Å². The number of hydrogen-bond donors (Lipinski definition) is 3. The molecule has 3 rings (SSSR count). The van der Waals surface area contributed by atoms with E-state index in [1.807, 2.05) is 44.2 Å². The average molecular weight is 418 g/mol. The first kappa shape index (κ1) is 21.7. The van der Waals surface area contributed by atoms with E-state index in [1.165, 1.54) is 0 Å². The second-order valence-electron chi connectivity index (χ2n) is 7.16. The SMILES string of the molecule is Cc1cc2sc3ccccc3c(=O)c2c(C)c1OCC(O)CN(CCO)CCO. The van der Waals surface area contributed by atoms with Gasteiger partial charge in [-0.2, -0.15) is 0 Å². The van der Waals surface area contributed by atoms with Gasteiger partial charge in [0, 0.05) is 45.4 Å². The molecule has 1 atom stereocenters. The summed E-state index contributed by atoms with van der Waals surface area (Å²) in [5, 5.41) is 29.9. The molecule has 1 heterocycles. The summed E-state index contributed by atoms with van der Waals surface area (Å²) in [5.41, 5.74) is 1.69. The lowest BCUT2D eigenvalue weighted by molar-refractivity contribution is 0.0549. The maximum Gasteiger partial charge on any atom is 0.196 e. The second kappa shape index (κ2) is 9.65. The first-order valence-corrected chi connectivity index (χ1v) is 10.5.